The molecule has 1 aliphatic heterocycles. The molecule has 0 spiro atoms. The first kappa shape index (κ1) is 23.7. The number of nitrogens with one attached hydrogen (secondary N) is 1. The summed E-state index contributed by atoms with van der Waals surface area (Å²) in [6, 6.07) is 2.86. The van der Waals surface area contributed by atoms with Crippen LogP contribution in [0.3, 0.4) is 0 Å². The molecular weight excluding hydrogens is 441 g/mol. The molecule has 1 N–H and O–H groups in total. The fraction of sp³-hybridized carbons (Fsp3) is 0.458. The van der Waals surface area contributed by atoms with Crippen LogP contribution in [-0.4, -0.2) is 56.2 Å². The van der Waals surface area contributed by atoms with Gasteiger partial charge in [0, 0.05) is 38.0 Å². The summed E-state index contributed by atoms with van der Waals surface area (Å²) in [7, 11) is 1.56. The second-order valence-electron chi connectivity index (χ2n) is 9.52. The largest absolute Gasteiger partial charge is 0.444 e. The molecule has 0 aliphatic carbocycles. The number of nitrogens with zero attached hydrogens (tertiary/aromatic N) is 4. The van der Waals surface area contributed by atoms with E-state index in [1.165, 1.54) is 10.8 Å². The molecule has 1 aliphatic rings. The van der Waals surface area contributed by atoms with Gasteiger partial charge < -0.3 is 14.5 Å². The average molecular weight is 472 g/mol. The van der Waals surface area contributed by atoms with Gasteiger partial charge in [-0.05, 0) is 57.9 Å². The third kappa shape index (κ3) is 4.25. The van der Waals surface area contributed by atoms with Gasteiger partial charge in [-0.15, -0.1) is 0 Å². The van der Waals surface area contributed by atoms with Crippen molar-refractivity contribution in [1.82, 2.24) is 24.2 Å². The highest BCUT2D eigenvalue weighted by molar-refractivity contribution is 5.70. The maximum atomic E-state index is 14.4. The van der Waals surface area contributed by atoms with Gasteiger partial charge in [0.2, 0.25) is 0 Å². The molecule has 0 saturated heterocycles. The van der Waals surface area contributed by atoms with Crippen molar-refractivity contribution in [2.45, 2.75) is 52.7 Å². The third-order valence-electron chi connectivity index (χ3n) is 5.77. The van der Waals surface area contributed by atoms with Crippen LogP contribution < -0.4 is 5.69 Å². The number of ether oxygens (including phenoxy) is 2. The zero-order valence-electron chi connectivity index (χ0n) is 20.3. The van der Waals surface area contributed by atoms with Crippen LogP contribution in [0.2, 0.25) is 0 Å². The Kier molecular flexibility index (Phi) is 6.11. The summed E-state index contributed by atoms with van der Waals surface area (Å²) < 4.78 is 28.6. The maximum Gasteiger partial charge on any atom is 0.410 e. The van der Waals surface area contributed by atoms with Gasteiger partial charge in [-0.25, -0.2) is 18.7 Å². The third-order valence-corrected chi connectivity index (χ3v) is 5.77. The molecule has 0 fully saturated rings. The number of aromatic amines is 1. The molecule has 4 rings (SSSR count). The van der Waals surface area contributed by atoms with Crippen LogP contribution in [0, 0.1) is 19.7 Å². The van der Waals surface area contributed by atoms with Crippen LogP contribution in [0.5, 0.6) is 0 Å². The monoisotopic (exact) mass is 471 g/mol. The van der Waals surface area contributed by atoms with Crippen LogP contribution in [0.1, 0.15) is 49.2 Å². The van der Waals surface area contributed by atoms with E-state index in [1.54, 1.807) is 48.9 Å². The molecular formula is C24H30FN5O4. The van der Waals surface area contributed by atoms with Crippen LogP contribution in [0.4, 0.5) is 9.18 Å². The number of carbonyl (C=O) groups is 1. The number of halogens is 1. The lowest BCUT2D eigenvalue weighted by atomic mass is 9.98. The second-order valence-corrected chi connectivity index (χ2v) is 9.52. The minimum absolute atomic E-state index is 0.186. The topological polar surface area (TPSA) is 94.4 Å². The number of rotatable bonds is 4. The molecule has 1 atom stereocenters. The summed E-state index contributed by atoms with van der Waals surface area (Å²) >= 11 is 0. The van der Waals surface area contributed by atoms with Gasteiger partial charge >= 0.3 is 11.8 Å². The van der Waals surface area contributed by atoms with Crippen molar-refractivity contribution in [3.63, 3.8) is 0 Å². The van der Waals surface area contributed by atoms with Gasteiger partial charge in [0.15, 0.2) is 0 Å². The lowest BCUT2D eigenvalue weighted by molar-refractivity contribution is 0.00319. The molecule has 0 radical (unpaired) electrons. The van der Waals surface area contributed by atoms with Gasteiger partial charge in [-0.3, -0.25) is 9.47 Å². The highest BCUT2D eigenvalue weighted by atomic mass is 19.1. The molecule has 10 heteroatoms. The molecule has 1 aromatic carbocycles. The Morgan fingerprint density at radius 2 is 1.94 bits per heavy atom. The first-order valence-electron chi connectivity index (χ1n) is 11.2. The number of amides is 1. The Morgan fingerprint density at radius 3 is 2.50 bits per heavy atom. The van der Waals surface area contributed by atoms with Crippen molar-refractivity contribution in [3.05, 3.63) is 63.2 Å². The fourth-order valence-electron chi connectivity index (χ4n) is 4.34. The highest BCUT2D eigenvalue weighted by Gasteiger charge is 2.39. The number of aromatic nitrogens is 4. The fourth-order valence-corrected chi connectivity index (χ4v) is 4.34. The molecule has 2 aromatic heterocycles. The standard InChI is InChI=1S/C24H30FN5O4/c1-14-11-16(12-15(2)20(14)25)30-21(29-10-8-26-22(29)31)19-17(27-30)7-9-28(18(19)13-33-6)23(32)34-24(3,4)5/h8,10-12,18H,7,9,13H2,1-6H3,(H,26,31)/t18-/m0/s1. The number of imidazole rings is 1. The Morgan fingerprint density at radius 1 is 1.26 bits per heavy atom. The van der Waals surface area contributed by atoms with Crippen molar-refractivity contribution in [2.24, 2.45) is 0 Å². The molecule has 0 unspecified atom stereocenters. The van der Waals surface area contributed by atoms with E-state index >= 15 is 0 Å². The van der Waals surface area contributed by atoms with Crippen molar-refractivity contribution >= 4 is 6.09 Å². The second kappa shape index (κ2) is 8.75. The summed E-state index contributed by atoms with van der Waals surface area (Å²) in [6.45, 7) is 9.39. The molecule has 0 saturated carbocycles. The number of methoxy groups -OCH3 is 1. The smallest absolute Gasteiger partial charge is 0.410 e. The van der Waals surface area contributed by atoms with Gasteiger partial charge in [0.1, 0.15) is 17.2 Å². The molecule has 3 heterocycles. The van der Waals surface area contributed by atoms with Gasteiger partial charge in [0.25, 0.3) is 0 Å². The summed E-state index contributed by atoms with van der Waals surface area (Å²) in [5.74, 6) is 0.191. The van der Waals surface area contributed by atoms with Gasteiger partial charge in [0.05, 0.1) is 24.0 Å². The van der Waals surface area contributed by atoms with Crippen molar-refractivity contribution < 1.29 is 18.7 Å². The number of H-pyrrole nitrogens is 1. The molecule has 0 bridgehead atoms. The predicted molar refractivity (Wildman–Crippen MR) is 124 cm³/mol. The SMILES string of the molecule is COC[C@H]1c2c(nn(-c3cc(C)c(F)c(C)c3)c2-n2cc[nH]c2=O)CCN1C(=O)OC(C)(C)C. The Hall–Kier alpha value is -3.40. The normalized spacial score (nSPS) is 16.0. The van der Waals surface area contributed by atoms with E-state index in [0.29, 0.717) is 41.2 Å². The van der Waals surface area contributed by atoms with Crippen molar-refractivity contribution in [1.29, 1.82) is 0 Å². The number of carbonyl (C=O) groups excluding carboxylic acids is 1. The lowest BCUT2D eigenvalue weighted by Gasteiger charge is -2.36. The first-order valence-corrected chi connectivity index (χ1v) is 11.2. The lowest BCUT2D eigenvalue weighted by Crippen LogP contribution is -2.44. The Bertz CT molecular complexity index is 1260. The summed E-state index contributed by atoms with van der Waals surface area (Å²) in [6.07, 6.45) is 3.14. The molecule has 3 aromatic rings. The Balaban J connectivity index is 1.94. The van der Waals surface area contributed by atoms with Crippen LogP contribution in [0.15, 0.2) is 29.3 Å². The minimum Gasteiger partial charge on any atom is -0.444 e. The van der Waals surface area contributed by atoms with Crippen LogP contribution in [-0.2, 0) is 15.9 Å². The zero-order valence-corrected chi connectivity index (χ0v) is 20.3. The summed E-state index contributed by atoms with van der Waals surface area (Å²) in [5, 5.41) is 4.82. The number of fused-ring (bicyclic) bond motifs is 1. The number of hydrogen-bond acceptors (Lipinski definition) is 5. The van der Waals surface area contributed by atoms with E-state index in [2.05, 4.69) is 4.98 Å². The molecule has 9 nitrogen and oxygen atoms in total. The molecule has 34 heavy (non-hydrogen) atoms. The van der Waals surface area contributed by atoms with E-state index in [0.717, 1.165) is 5.69 Å². The maximum absolute atomic E-state index is 14.4. The Labute approximate surface area is 197 Å². The van der Waals surface area contributed by atoms with E-state index < -0.39 is 17.7 Å². The average Bonchev–Trinajstić information content (AvgIpc) is 3.33. The number of hydrogen-bond donors (Lipinski definition) is 1. The number of aryl methyl sites for hydroxylation is 2. The highest BCUT2D eigenvalue weighted by Crippen LogP contribution is 2.36. The predicted octanol–water partition coefficient (Wildman–Crippen LogP) is 3.59. The van der Waals surface area contributed by atoms with Gasteiger partial charge in [-0.2, -0.15) is 5.10 Å². The van der Waals surface area contributed by atoms with E-state index in [-0.39, 0.29) is 18.1 Å². The minimum atomic E-state index is -0.664. The van der Waals surface area contributed by atoms with Gasteiger partial charge in [-0.1, -0.05) is 0 Å². The summed E-state index contributed by atoms with van der Waals surface area (Å²) in [4.78, 5) is 30.1. The molecule has 182 valence electrons. The zero-order chi connectivity index (χ0) is 24.8. The van der Waals surface area contributed by atoms with E-state index in [4.69, 9.17) is 14.6 Å². The van der Waals surface area contributed by atoms with E-state index in [1.807, 2.05) is 20.8 Å². The van der Waals surface area contributed by atoms with Crippen molar-refractivity contribution in [3.8, 4) is 11.5 Å². The van der Waals surface area contributed by atoms with Crippen LogP contribution in [0.25, 0.3) is 11.5 Å². The van der Waals surface area contributed by atoms with Crippen LogP contribution >= 0.6 is 0 Å². The number of benzene rings is 1. The molecule has 1 amide bonds. The van der Waals surface area contributed by atoms with Crippen molar-refractivity contribution in [2.75, 3.05) is 20.3 Å². The summed E-state index contributed by atoms with van der Waals surface area (Å²) in [5.41, 5.74) is 1.98. The quantitative estimate of drug-likeness (QED) is 0.628. The van der Waals surface area contributed by atoms with E-state index in [9.17, 15) is 14.0 Å². The first-order chi connectivity index (χ1) is 16.0.